The highest BCUT2D eigenvalue weighted by molar-refractivity contribution is 7.99. The smallest absolute Gasteiger partial charge is 0.321 e. The van der Waals surface area contributed by atoms with E-state index >= 15 is 0 Å². The fraction of sp³-hybridized carbons (Fsp3) is 0.348. The lowest BCUT2D eigenvalue weighted by molar-refractivity contribution is -0.119. The van der Waals surface area contributed by atoms with E-state index in [0.29, 0.717) is 21.8 Å². The summed E-state index contributed by atoms with van der Waals surface area (Å²) in [4.78, 5) is 28.3. The molecule has 0 atom stereocenters. The lowest BCUT2D eigenvalue weighted by Gasteiger charge is -2.14. The third-order valence-corrected chi connectivity index (χ3v) is 6.90. The van der Waals surface area contributed by atoms with Crippen molar-refractivity contribution in [1.29, 1.82) is 0 Å². The van der Waals surface area contributed by atoms with Gasteiger partial charge in [0.25, 0.3) is 0 Å². The second kappa shape index (κ2) is 10.8. The topological polar surface area (TPSA) is 102 Å². The highest BCUT2D eigenvalue weighted by atomic mass is 35.5. The minimum atomic E-state index is -0.422. The second-order valence-electron chi connectivity index (χ2n) is 7.86. The van der Waals surface area contributed by atoms with Crippen molar-refractivity contribution in [3.8, 4) is 17.1 Å². The van der Waals surface area contributed by atoms with Crippen LogP contribution in [0.4, 0.5) is 4.79 Å². The molecule has 172 valence electrons. The molecule has 1 fully saturated rings. The maximum atomic E-state index is 12.2. The van der Waals surface area contributed by atoms with Gasteiger partial charge in [0, 0.05) is 41.2 Å². The van der Waals surface area contributed by atoms with Crippen LogP contribution in [0.2, 0.25) is 5.02 Å². The monoisotopic (exact) mass is 484 g/mol. The summed E-state index contributed by atoms with van der Waals surface area (Å²) >= 11 is 7.77. The quantitative estimate of drug-likeness (QED) is 0.477. The number of carbonyl (C=O) groups is 2. The van der Waals surface area contributed by atoms with Gasteiger partial charge in [-0.15, -0.1) is 10.2 Å². The summed E-state index contributed by atoms with van der Waals surface area (Å²) in [5.74, 6) is 0.777. The zero-order chi connectivity index (χ0) is 23.2. The molecular formula is C23H25ClN6O2S. The molecule has 2 aromatic heterocycles. The number of amides is 3. The van der Waals surface area contributed by atoms with Gasteiger partial charge in [-0.25, -0.2) is 4.79 Å². The van der Waals surface area contributed by atoms with Crippen LogP contribution in [0.5, 0.6) is 0 Å². The number of aromatic nitrogens is 4. The van der Waals surface area contributed by atoms with Crippen molar-refractivity contribution in [3.63, 3.8) is 0 Å². The molecule has 4 rings (SSSR count). The Balaban J connectivity index is 1.46. The highest BCUT2D eigenvalue weighted by Gasteiger charge is 2.20. The van der Waals surface area contributed by atoms with Gasteiger partial charge in [-0.2, -0.15) is 0 Å². The zero-order valence-electron chi connectivity index (χ0n) is 18.3. The molecule has 10 heteroatoms. The van der Waals surface area contributed by atoms with Crippen molar-refractivity contribution < 1.29 is 9.59 Å². The number of urea groups is 1. The average molecular weight is 485 g/mol. The predicted octanol–water partition coefficient (Wildman–Crippen LogP) is 4.54. The van der Waals surface area contributed by atoms with Crippen molar-refractivity contribution in [2.75, 3.05) is 5.75 Å². The minimum absolute atomic E-state index is 0.165. The highest BCUT2D eigenvalue weighted by Crippen LogP contribution is 2.31. The van der Waals surface area contributed by atoms with Crippen molar-refractivity contribution in [3.05, 3.63) is 53.3 Å². The zero-order valence-corrected chi connectivity index (χ0v) is 19.8. The molecule has 0 spiro atoms. The Morgan fingerprint density at radius 3 is 2.67 bits per heavy atom. The number of rotatable bonds is 7. The average Bonchev–Trinajstić information content (AvgIpc) is 3.46. The molecule has 2 heterocycles. The van der Waals surface area contributed by atoms with E-state index in [2.05, 4.69) is 25.8 Å². The minimum Gasteiger partial charge on any atom is -0.335 e. The van der Waals surface area contributed by atoms with Crippen LogP contribution < -0.4 is 10.6 Å². The van der Waals surface area contributed by atoms with E-state index < -0.39 is 6.03 Å². The first-order valence-electron chi connectivity index (χ1n) is 10.9. The second-order valence-corrected chi connectivity index (χ2v) is 9.33. The Morgan fingerprint density at radius 1 is 1.15 bits per heavy atom. The van der Waals surface area contributed by atoms with Gasteiger partial charge in [0.05, 0.1) is 5.69 Å². The number of hydrogen-bond donors (Lipinski definition) is 2. The van der Waals surface area contributed by atoms with E-state index in [1.165, 1.54) is 11.8 Å². The summed E-state index contributed by atoms with van der Waals surface area (Å²) in [6, 6.07) is 9.15. The van der Waals surface area contributed by atoms with Crippen molar-refractivity contribution in [1.82, 2.24) is 30.4 Å². The van der Waals surface area contributed by atoms with Crippen molar-refractivity contribution >= 4 is 35.3 Å². The summed E-state index contributed by atoms with van der Waals surface area (Å²) in [5, 5.41) is 15.3. The van der Waals surface area contributed by atoms with Crippen LogP contribution in [0.1, 0.15) is 37.7 Å². The number of pyridine rings is 1. The summed E-state index contributed by atoms with van der Waals surface area (Å²) < 4.78 is 1.94. The molecule has 0 saturated heterocycles. The van der Waals surface area contributed by atoms with Gasteiger partial charge in [-0.1, -0.05) is 42.3 Å². The largest absolute Gasteiger partial charge is 0.335 e. The maximum absolute atomic E-state index is 12.2. The Morgan fingerprint density at radius 2 is 1.91 bits per heavy atom. The van der Waals surface area contributed by atoms with Crippen LogP contribution in [-0.2, 0) is 4.79 Å². The van der Waals surface area contributed by atoms with E-state index in [-0.39, 0.29) is 18.4 Å². The lowest BCUT2D eigenvalue weighted by Crippen LogP contribution is -2.43. The third kappa shape index (κ3) is 5.72. The summed E-state index contributed by atoms with van der Waals surface area (Å²) in [6.07, 6.45) is 7.74. The molecule has 1 aromatic carbocycles. The number of nitrogens with one attached hydrogen (secondary N) is 2. The van der Waals surface area contributed by atoms with Crippen LogP contribution in [0.25, 0.3) is 17.1 Å². The van der Waals surface area contributed by atoms with Crippen LogP contribution in [0, 0.1) is 6.92 Å². The number of imide groups is 1. The first kappa shape index (κ1) is 23.3. The number of hydrogen-bond acceptors (Lipinski definition) is 6. The number of carbonyl (C=O) groups excluding carboxylic acids is 2. The number of benzene rings is 1. The van der Waals surface area contributed by atoms with Gasteiger partial charge < -0.3 is 5.32 Å². The van der Waals surface area contributed by atoms with Crippen LogP contribution in [0.15, 0.2) is 47.9 Å². The van der Waals surface area contributed by atoms with Crippen LogP contribution in [0.3, 0.4) is 0 Å². The molecule has 1 aliphatic carbocycles. The summed E-state index contributed by atoms with van der Waals surface area (Å²) in [6.45, 7) is 1.94. The van der Waals surface area contributed by atoms with Gasteiger partial charge in [-0.05, 0) is 49.6 Å². The molecule has 0 radical (unpaired) electrons. The molecule has 3 aromatic rings. The maximum Gasteiger partial charge on any atom is 0.321 e. The Hall–Kier alpha value is -2.91. The normalized spacial score (nSPS) is 13.8. The fourth-order valence-corrected chi connectivity index (χ4v) is 4.87. The number of nitrogens with zero attached hydrogens (tertiary/aromatic N) is 4. The molecule has 33 heavy (non-hydrogen) atoms. The SMILES string of the molecule is Cc1c(Cl)cccc1-n1c(SCCC(=O)NC(=O)NC2CCCC2)nnc1-c1ccncc1. The Labute approximate surface area is 201 Å². The summed E-state index contributed by atoms with van der Waals surface area (Å²) in [7, 11) is 0. The van der Waals surface area contributed by atoms with Crippen LogP contribution >= 0.6 is 23.4 Å². The van der Waals surface area contributed by atoms with Crippen LogP contribution in [-0.4, -0.2) is 43.5 Å². The predicted molar refractivity (Wildman–Crippen MR) is 129 cm³/mol. The van der Waals surface area contributed by atoms with E-state index in [1.807, 2.05) is 41.8 Å². The van der Waals surface area contributed by atoms with Gasteiger partial charge in [0.1, 0.15) is 0 Å². The van der Waals surface area contributed by atoms with Crippen molar-refractivity contribution in [2.24, 2.45) is 0 Å². The molecule has 2 N–H and O–H groups in total. The molecule has 0 bridgehead atoms. The first-order valence-corrected chi connectivity index (χ1v) is 12.2. The molecular weight excluding hydrogens is 460 g/mol. The summed E-state index contributed by atoms with van der Waals surface area (Å²) in [5.41, 5.74) is 2.63. The third-order valence-electron chi connectivity index (χ3n) is 5.56. The number of thioether (sulfide) groups is 1. The molecule has 1 aliphatic rings. The number of halogens is 1. The van der Waals surface area contributed by atoms with Gasteiger partial charge in [-0.3, -0.25) is 19.7 Å². The lowest BCUT2D eigenvalue weighted by atomic mass is 10.2. The Kier molecular flexibility index (Phi) is 7.61. The van der Waals surface area contributed by atoms with E-state index in [9.17, 15) is 9.59 Å². The van der Waals surface area contributed by atoms with Crippen molar-refractivity contribution in [2.45, 2.75) is 50.2 Å². The standard InChI is InChI=1S/C23H25ClN6O2S/c1-15-18(24)7-4-8-19(15)30-21(16-9-12-25-13-10-16)28-29-23(30)33-14-11-20(31)27-22(32)26-17-5-2-3-6-17/h4,7-10,12-13,17H,2-3,5-6,11,14H2,1H3,(H2,26,27,31,32). The molecule has 0 unspecified atom stereocenters. The molecule has 0 aliphatic heterocycles. The Bertz CT molecular complexity index is 1130. The van der Waals surface area contributed by atoms with Gasteiger partial charge >= 0.3 is 6.03 Å². The van der Waals surface area contributed by atoms with E-state index in [4.69, 9.17) is 11.6 Å². The van der Waals surface area contributed by atoms with E-state index in [0.717, 1.165) is 42.5 Å². The fourth-order valence-electron chi connectivity index (χ4n) is 3.82. The van der Waals surface area contributed by atoms with Gasteiger partial charge in [0.15, 0.2) is 11.0 Å². The molecule has 1 saturated carbocycles. The van der Waals surface area contributed by atoms with Gasteiger partial charge in [0.2, 0.25) is 5.91 Å². The first-order chi connectivity index (χ1) is 16.0. The van der Waals surface area contributed by atoms with E-state index in [1.54, 1.807) is 12.4 Å². The molecule has 3 amide bonds. The molecule has 8 nitrogen and oxygen atoms in total.